The molecule has 12 N–H and O–H groups in total. The van der Waals surface area contributed by atoms with Gasteiger partial charge >= 0.3 is 115 Å². The quantitative estimate of drug-likeness (QED) is 0.00913. The molecule has 0 unspecified atom stereocenters. The molecule has 0 atom stereocenters. The van der Waals surface area contributed by atoms with Crippen LogP contribution in [0.4, 0.5) is 34.9 Å². The van der Waals surface area contributed by atoms with E-state index >= 15 is 0 Å². The molecule has 8 heterocycles. The van der Waals surface area contributed by atoms with E-state index in [0.29, 0.717) is 61.4 Å². The number of aromatic hydroxyl groups is 3. The molecule has 8 aromatic rings. The van der Waals surface area contributed by atoms with Gasteiger partial charge in [0.15, 0.2) is 32.9 Å². The predicted molar refractivity (Wildman–Crippen MR) is 320 cm³/mol. The average Bonchev–Trinajstić information content (AvgIpc) is 2.58. The third-order valence-electron chi connectivity index (χ3n) is 9.23. The molecule has 30 nitrogen and oxygen atoms in total. The van der Waals surface area contributed by atoms with E-state index in [1.807, 2.05) is 6.92 Å². The second-order valence-electron chi connectivity index (χ2n) is 14.7. The molecule has 86 heavy (non-hydrogen) atoms. The third-order valence-corrected chi connectivity index (χ3v) is 11.1. The van der Waals surface area contributed by atoms with Crippen molar-refractivity contribution in [3.8, 4) is 46.5 Å². The number of methoxy groups -OCH3 is 5. The number of carbonyl (C=O) groups is 4. The monoisotopic (exact) mass is 1360 g/mol. The van der Waals surface area contributed by atoms with Gasteiger partial charge in [-0.25, -0.2) is 4.98 Å². The first-order chi connectivity index (χ1) is 40.6. The van der Waals surface area contributed by atoms with Gasteiger partial charge in [0.2, 0.25) is 17.1 Å². The van der Waals surface area contributed by atoms with Gasteiger partial charge in [-0.2, -0.15) is 19.9 Å². The van der Waals surface area contributed by atoms with Crippen molar-refractivity contribution in [2.24, 2.45) is 0 Å². The number of amides is 2. The van der Waals surface area contributed by atoms with Crippen LogP contribution in [0, 0.1) is 31.8 Å². The van der Waals surface area contributed by atoms with Gasteiger partial charge in [-0.1, -0.05) is 24.9 Å². The number of nitrogens with two attached hydrogens (primary N) is 2. The van der Waals surface area contributed by atoms with Crippen LogP contribution < -0.4 is 102 Å². The predicted octanol–water partition coefficient (Wildman–Crippen LogP) is 2.84. The molecule has 0 bridgehead atoms. The number of rotatable bonds is 13. The minimum absolute atomic E-state index is 0. The Morgan fingerprint density at radius 1 is 0.698 bits per heavy atom. The number of fused-ring (bicyclic) bond motifs is 2. The van der Waals surface area contributed by atoms with Crippen LogP contribution in [-0.2, 0) is 24.1 Å². The number of thioether (sulfide) groups is 1. The summed E-state index contributed by atoms with van der Waals surface area (Å²) in [5, 5.41) is 41.2. The average molecular weight is 1360 g/mol. The van der Waals surface area contributed by atoms with Gasteiger partial charge in [-0.3, -0.25) is 19.2 Å². The number of aromatic amines is 3. The normalized spacial score (nSPS) is 9.31. The summed E-state index contributed by atoms with van der Waals surface area (Å²) in [6.45, 7) is 17.4. The minimum atomic E-state index is -0.508. The van der Waals surface area contributed by atoms with Crippen molar-refractivity contribution in [3.05, 3.63) is 99.7 Å². The molecule has 0 aromatic carbocycles. The summed E-state index contributed by atoms with van der Waals surface area (Å²) in [6, 6.07) is 12.0. The summed E-state index contributed by atoms with van der Waals surface area (Å²) in [5.41, 5.74) is 15.3. The number of pyridine rings is 6. The molecule has 0 saturated heterocycles. The van der Waals surface area contributed by atoms with E-state index in [1.54, 1.807) is 38.6 Å². The third kappa shape index (κ3) is 29.0. The van der Waals surface area contributed by atoms with E-state index < -0.39 is 5.24 Å². The molecule has 442 valence electrons. The van der Waals surface area contributed by atoms with Gasteiger partial charge in [0, 0.05) is 11.1 Å². The SMILES string of the molecule is COc1ccc(N)nc1OC.COc1nc(N)ccc1O.COc1nc(NC(=O)CCl)ccc1O.O=C(Cl)CCl.O=CO[O-].[C-]#[N+]c1ncc2[nH]c(=S)[nH]c2c1C.[C-]#[N+]c1ncc2[nH]c(SCC(=O)Nc3ccc(O)c(OC)n3)nc2c1C.[K+].[K][K]. The van der Waals surface area contributed by atoms with Gasteiger partial charge in [0.25, 0.3) is 41.6 Å². The molecule has 0 saturated carbocycles. The van der Waals surface area contributed by atoms with Gasteiger partial charge < -0.3 is 95.9 Å². The van der Waals surface area contributed by atoms with Crippen molar-refractivity contribution in [1.29, 1.82) is 0 Å². The molecule has 8 aromatic heterocycles. The van der Waals surface area contributed by atoms with Crippen molar-refractivity contribution in [2.75, 3.05) is 75.2 Å². The number of nitrogens with zero attached hydrogens (tertiary/aromatic N) is 9. The van der Waals surface area contributed by atoms with E-state index in [9.17, 15) is 24.6 Å². The van der Waals surface area contributed by atoms with Gasteiger partial charge in [0.1, 0.15) is 52.6 Å². The van der Waals surface area contributed by atoms with E-state index in [4.69, 9.17) is 106 Å². The number of alkyl halides is 2. The maximum absolute atomic E-state index is 12.1. The molecule has 8 rings (SSSR count). The topological polar surface area (TPSA) is 430 Å². The zero-order valence-electron chi connectivity index (χ0n) is 47.4. The number of aryl methyl sites for hydroxylation is 2. The van der Waals surface area contributed by atoms with Crippen molar-refractivity contribution in [1.82, 2.24) is 49.8 Å². The fraction of sp³-hybridized carbons (Fsp3) is 0.208. The van der Waals surface area contributed by atoms with Crippen LogP contribution in [0.25, 0.3) is 31.8 Å². The molecular weight excluding hydrogens is 1310 g/mol. The first-order valence-corrected chi connectivity index (χ1v) is 42.2. The summed E-state index contributed by atoms with van der Waals surface area (Å²) in [7, 11) is 7.23. The first-order valence-electron chi connectivity index (χ1n) is 23.4. The number of nitrogen functional groups attached to an aromatic ring is 2. The Balaban J connectivity index is 0.00000104. The number of halogens is 3. The van der Waals surface area contributed by atoms with E-state index in [0.717, 1.165) is 16.6 Å². The van der Waals surface area contributed by atoms with Gasteiger partial charge in [-0.15, -0.1) is 33.2 Å². The van der Waals surface area contributed by atoms with Crippen LogP contribution in [0.1, 0.15) is 11.1 Å². The van der Waals surface area contributed by atoms with E-state index in [2.05, 4.69) is 79.8 Å². The van der Waals surface area contributed by atoms with Crippen LogP contribution in [-0.4, -0.2) is 205 Å². The van der Waals surface area contributed by atoms with Crippen molar-refractivity contribution in [3.63, 3.8) is 0 Å². The van der Waals surface area contributed by atoms with Crippen LogP contribution in [0.3, 0.4) is 0 Å². The molecule has 0 aliphatic heterocycles. The van der Waals surface area contributed by atoms with Gasteiger partial charge in [0.05, 0.1) is 58.2 Å². The molecule has 38 heteroatoms. The Hall–Kier alpha value is -4.79. The zero-order valence-corrected chi connectivity index (χ0v) is 60.7. The molecule has 2 amide bonds. The summed E-state index contributed by atoms with van der Waals surface area (Å²) < 4.78 is 24.7. The number of ether oxygens (including phenoxy) is 5. The number of carbonyl (C=O) groups excluding carboxylic acids is 4. The summed E-state index contributed by atoms with van der Waals surface area (Å²) in [4.78, 5) is 87.1. The number of anilines is 4. The number of hydrogen-bond donors (Lipinski definition) is 10. The molecule has 0 spiro atoms. The molecular formula is C48H50Cl3K3N16O14S2. The van der Waals surface area contributed by atoms with Crippen molar-refractivity contribution < 1.29 is 120 Å². The molecule has 0 aliphatic rings. The number of aromatic nitrogens is 10. The fourth-order valence-electron chi connectivity index (χ4n) is 5.63. The van der Waals surface area contributed by atoms with Crippen molar-refractivity contribution >= 4 is 202 Å². The Morgan fingerprint density at radius 2 is 1.14 bits per heavy atom. The Bertz CT molecular complexity index is 3620. The Kier molecular flexibility index (Phi) is 42.9. The molecule has 0 aliphatic carbocycles. The molecule has 0 fully saturated rings. The number of hydrogen-bond acceptors (Lipinski definition) is 25. The standard InChI is InChI=1S/C16H14N6O3S.C8H9ClN2O3.C8H6N4S.C7H10N2O2.C6H8N2O2.C2H2Cl2O.CH2O3.3K/c1-8-13-9(6-18-14(8)17-2)19-16(22-13)26-7-12(24)20-11-5-4-10(23)15(21-11)25-3;1-14-8-5(12)2-3-6(11-8)10-7(13)4-9;1-4-6-5(11-8(13)12-6)3-10-7(4)9-2;1-10-5-3-4-6(8)9-7(5)11-2;1-10-6-4(9)2-3-5(7)8-6;3-1-2(4)5;2-1-4-3;;;/h4-6,23H,7H2,1,3H3,(H,19,22)(H,20,21,24);2-3,12H,4H2,1H3,(H,10,11,13);3H,1H3,(H2,11,12,13);3-4H,1-2H3,(H2,8,9);2-3,9H,1H3,(H2,7,8);1H2;1,3H;;;/q;;;;;;;;;+1/p-1. The molecule has 0 radical (unpaired) electrons. The number of H-pyrrole nitrogens is 3. The summed E-state index contributed by atoms with van der Waals surface area (Å²) in [5.74, 6) is 2.28. The van der Waals surface area contributed by atoms with E-state index in [-0.39, 0.29) is 134 Å². The Morgan fingerprint density at radius 3 is 1.58 bits per heavy atom. The maximum atomic E-state index is 12.1. The van der Waals surface area contributed by atoms with Crippen LogP contribution in [0.15, 0.2) is 66.1 Å². The zero-order chi connectivity index (χ0) is 64.2. The van der Waals surface area contributed by atoms with Crippen LogP contribution >= 0.6 is 58.8 Å². The fourth-order valence-corrected chi connectivity index (χ4v) is 6.58. The van der Waals surface area contributed by atoms with Crippen LogP contribution in [0.2, 0.25) is 0 Å². The van der Waals surface area contributed by atoms with Gasteiger partial charge in [-0.05, 0) is 86.2 Å². The Labute approximate surface area is 602 Å². The first kappa shape index (κ1) is 81.2. The van der Waals surface area contributed by atoms with E-state index in [1.165, 1.54) is 140 Å². The number of nitrogens with one attached hydrogen (secondary N) is 5. The number of imidazole rings is 2. The van der Waals surface area contributed by atoms with Crippen molar-refractivity contribution in [2.45, 2.75) is 19.0 Å². The summed E-state index contributed by atoms with van der Waals surface area (Å²) in [6.07, 6.45) is 3.17. The second kappa shape index (κ2) is 45.5. The van der Waals surface area contributed by atoms with Crippen LogP contribution in [0.5, 0.6) is 46.5 Å². The summed E-state index contributed by atoms with van der Waals surface area (Å²) >= 11 is 23.5. The second-order valence-corrected chi connectivity index (χ2v) is 17.0.